The normalized spacial score (nSPS) is 10.1. The summed E-state index contributed by atoms with van der Waals surface area (Å²) in [7, 11) is 0. The third-order valence-electron chi connectivity index (χ3n) is 2.89. The van der Waals surface area contributed by atoms with E-state index in [9.17, 15) is 14.4 Å². The fourth-order valence-electron chi connectivity index (χ4n) is 1.84. The number of hydrogen-bond donors (Lipinski definition) is 2. The van der Waals surface area contributed by atoms with E-state index in [0.29, 0.717) is 23.1 Å². The van der Waals surface area contributed by atoms with Gasteiger partial charge >= 0.3 is 11.9 Å². The lowest BCUT2D eigenvalue weighted by Crippen LogP contribution is -2.21. The number of nitrogens with two attached hydrogens (primary N) is 1. The molecule has 0 saturated carbocycles. The number of ether oxygens (including phenoxy) is 2. The van der Waals surface area contributed by atoms with Gasteiger partial charge in [-0.05, 0) is 25.1 Å². The molecule has 2 rings (SSSR count). The van der Waals surface area contributed by atoms with E-state index in [1.165, 1.54) is 6.07 Å². The second kappa shape index (κ2) is 8.78. The molecule has 0 spiro atoms. The zero-order chi connectivity index (χ0) is 18.2. The van der Waals surface area contributed by atoms with Gasteiger partial charge in [0.15, 0.2) is 11.7 Å². The van der Waals surface area contributed by atoms with E-state index in [2.05, 4.69) is 10.3 Å². The Balaban J connectivity index is 1.81. The summed E-state index contributed by atoms with van der Waals surface area (Å²) in [5.41, 5.74) is 6.77. The van der Waals surface area contributed by atoms with Crippen LogP contribution in [0.4, 0.5) is 10.8 Å². The van der Waals surface area contributed by atoms with Crippen LogP contribution in [0.5, 0.6) is 0 Å². The highest BCUT2D eigenvalue weighted by atomic mass is 32.1. The second-order valence-electron chi connectivity index (χ2n) is 4.88. The standard InChI is InChI=1S/C16H17N3O5S/c1-2-23-14(21)7-12-9-25-16(18-12)19-13(20)8-24-15(22)10-4-3-5-11(17)6-10/h3-6,9H,2,7-8,17H2,1H3,(H,18,19,20). The van der Waals surface area contributed by atoms with Crippen molar-refractivity contribution in [1.29, 1.82) is 0 Å². The number of nitrogen functional groups attached to an aromatic ring is 1. The fraction of sp³-hybridized carbons (Fsp3) is 0.250. The summed E-state index contributed by atoms with van der Waals surface area (Å²) >= 11 is 1.16. The SMILES string of the molecule is CCOC(=O)Cc1csc(NC(=O)COC(=O)c2cccc(N)c2)n1. The Morgan fingerprint density at radius 2 is 2.08 bits per heavy atom. The molecule has 0 aliphatic carbocycles. The van der Waals surface area contributed by atoms with Crippen molar-refractivity contribution in [3.63, 3.8) is 0 Å². The minimum atomic E-state index is -0.649. The second-order valence-corrected chi connectivity index (χ2v) is 5.73. The van der Waals surface area contributed by atoms with E-state index in [-0.39, 0.29) is 18.0 Å². The number of amides is 1. The molecular formula is C16H17N3O5S. The van der Waals surface area contributed by atoms with Crippen LogP contribution in [0.1, 0.15) is 23.0 Å². The van der Waals surface area contributed by atoms with Gasteiger partial charge in [-0.1, -0.05) is 6.07 Å². The fourth-order valence-corrected chi connectivity index (χ4v) is 2.57. The monoisotopic (exact) mass is 363 g/mol. The van der Waals surface area contributed by atoms with Gasteiger partial charge in [0.1, 0.15) is 0 Å². The molecule has 2 aromatic rings. The van der Waals surface area contributed by atoms with E-state index in [4.69, 9.17) is 15.2 Å². The number of anilines is 2. The molecule has 1 heterocycles. The van der Waals surface area contributed by atoms with Crippen molar-refractivity contribution in [2.75, 3.05) is 24.3 Å². The summed E-state index contributed by atoms with van der Waals surface area (Å²) in [4.78, 5) is 39.1. The molecule has 0 saturated heterocycles. The first-order valence-corrected chi connectivity index (χ1v) is 8.28. The third kappa shape index (κ3) is 5.88. The van der Waals surface area contributed by atoms with Gasteiger partial charge < -0.3 is 15.2 Å². The first-order chi connectivity index (χ1) is 12.0. The predicted octanol–water partition coefficient (Wildman–Crippen LogP) is 1.63. The molecule has 0 bridgehead atoms. The summed E-state index contributed by atoms with van der Waals surface area (Å²) < 4.78 is 9.74. The number of benzene rings is 1. The van der Waals surface area contributed by atoms with Crippen molar-refractivity contribution in [1.82, 2.24) is 4.98 Å². The molecule has 8 nitrogen and oxygen atoms in total. The number of hydrogen-bond acceptors (Lipinski definition) is 8. The number of carbonyl (C=O) groups is 3. The summed E-state index contributed by atoms with van der Waals surface area (Å²) in [5.74, 6) is -1.57. The van der Waals surface area contributed by atoms with Crippen LogP contribution >= 0.6 is 11.3 Å². The average molecular weight is 363 g/mol. The van der Waals surface area contributed by atoms with Crippen molar-refractivity contribution in [3.8, 4) is 0 Å². The van der Waals surface area contributed by atoms with E-state index in [0.717, 1.165) is 11.3 Å². The molecule has 0 atom stereocenters. The predicted molar refractivity (Wildman–Crippen MR) is 92.2 cm³/mol. The Bertz CT molecular complexity index is 775. The maximum Gasteiger partial charge on any atom is 0.338 e. The van der Waals surface area contributed by atoms with Crippen molar-refractivity contribution >= 4 is 40.0 Å². The van der Waals surface area contributed by atoms with Crippen molar-refractivity contribution in [2.45, 2.75) is 13.3 Å². The van der Waals surface area contributed by atoms with Gasteiger partial charge in [-0.2, -0.15) is 0 Å². The van der Waals surface area contributed by atoms with Crippen LogP contribution in [0, 0.1) is 0 Å². The van der Waals surface area contributed by atoms with Crippen molar-refractivity contribution in [3.05, 3.63) is 40.9 Å². The lowest BCUT2D eigenvalue weighted by molar-refractivity contribution is -0.142. The summed E-state index contributed by atoms with van der Waals surface area (Å²) in [6.45, 7) is 1.56. The Hall–Kier alpha value is -2.94. The van der Waals surface area contributed by atoms with E-state index < -0.39 is 18.5 Å². The summed E-state index contributed by atoms with van der Waals surface area (Å²) in [6.07, 6.45) is 0.0324. The molecule has 25 heavy (non-hydrogen) atoms. The minimum Gasteiger partial charge on any atom is -0.466 e. The summed E-state index contributed by atoms with van der Waals surface area (Å²) in [6, 6.07) is 6.26. The lowest BCUT2D eigenvalue weighted by Gasteiger charge is -2.05. The number of rotatable bonds is 7. The molecule has 0 aliphatic rings. The molecule has 3 N–H and O–H groups in total. The quantitative estimate of drug-likeness (QED) is 0.566. The molecule has 0 radical (unpaired) electrons. The maximum atomic E-state index is 11.8. The molecule has 1 aromatic carbocycles. The van der Waals surface area contributed by atoms with Crippen LogP contribution in [0.2, 0.25) is 0 Å². The third-order valence-corrected chi connectivity index (χ3v) is 3.69. The highest BCUT2D eigenvalue weighted by Crippen LogP contribution is 2.16. The number of esters is 2. The Morgan fingerprint density at radius 1 is 1.28 bits per heavy atom. The molecule has 0 aliphatic heterocycles. The van der Waals surface area contributed by atoms with Crippen LogP contribution in [-0.4, -0.2) is 36.0 Å². The van der Waals surface area contributed by atoms with Crippen LogP contribution < -0.4 is 11.1 Å². The highest BCUT2D eigenvalue weighted by Gasteiger charge is 2.13. The van der Waals surface area contributed by atoms with E-state index in [1.54, 1.807) is 30.5 Å². The van der Waals surface area contributed by atoms with E-state index in [1.807, 2.05) is 0 Å². The van der Waals surface area contributed by atoms with Crippen molar-refractivity contribution < 1.29 is 23.9 Å². The zero-order valence-corrected chi connectivity index (χ0v) is 14.3. The maximum absolute atomic E-state index is 11.8. The Kier molecular flexibility index (Phi) is 6.47. The van der Waals surface area contributed by atoms with Gasteiger partial charge in [0.2, 0.25) is 0 Å². The first-order valence-electron chi connectivity index (χ1n) is 7.40. The molecule has 9 heteroatoms. The van der Waals surface area contributed by atoms with Crippen molar-refractivity contribution in [2.24, 2.45) is 0 Å². The van der Waals surface area contributed by atoms with E-state index >= 15 is 0 Å². The van der Waals surface area contributed by atoms with Gasteiger partial charge in [0.25, 0.3) is 5.91 Å². The van der Waals surface area contributed by atoms with Gasteiger partial charge in [-0.15, -0.1) is 11.3 Å². The average Bonchev–Trinajstić information content (AvgIpc) is 2.99. The highest BCUT2D eigenvalue weighted by molar-refractivity contribution is 7.13. The largest absolute Gasteiger partial charge is 0.466 e. The van der Waals surface area contributed by atoms with Crippen LogP contribution in [-0.2, 0) is 25.5 Å². The number of carbonyl (C=O) groups excluding carboxylic acids is 3. The number of nitrogens with zero attached hydrogens (tertiary/aromatic N) is 1. The number of nitrogens with one attached hydrogen (secondary N) is 1. The van der Waals surface area contributed by atoms with Gasteiger partial charge in [0.05, 0.1) is 24.3 Å². The number of thiazole rings is 1. The Morgan fingerprint density at radius 3 is 2.80 bits per heavy atom. The van der Waals surface area contributed by atoms with Crippen LogP contribution in [0.25, 0.3) is 0 Å². The van der Waals surface area contributed by atoms with Gasteiger partial charge in [0, 0.05) is 11.1 Å². The zero-order valence-electron chi connectivity index (χ0n) is 13.5. The smallest absolute Gasteiger partial charge is 0.338 e. The topological polar surface area (TPSA) is 121 Å². The first kappa shape index (κ1) is 18.4. The molecule has 132 valence electrons. The molecule has 1 aromatic heterocycles. The summed E-state index contributed by atoms with van der Waals surface area (Å²) in [5, 5.41) is 4.45. The minimum absolute atomic E-state index is 0.0324. The molecule has 0 unspecified atom stereocenters. The van der Waals surface area contributed by atoms with Gasteiger partial charge in [-0.3, -0.25) is 14.9 Å². The molecule has 0 fully saturated rings. The lowest BCUT2D eigenvalue weighted by atomic mass is 10.2. The van der Waals surface area contributed by atoms with Gasteiger partial charge in [-0.25, -0.2) is 9.78 Å². The Labute approximate surface area is 148 Å². The van der Waals surface area contributed by atoms with Crippen LogP contribution in [0.15, 0.2) is 29.6 Å². The molecular weight excluding hydrogens is 346 g/mol. The molecule has 1 amide bonds. The number of aromatic nitrogens is 1. The van der Waals surface area contributed by atoms with Crippen LogP contribution in [0.3, 0.4) is 0 Å².